The second-order valence-electron chi connectivity index (χ2n) is 8.77. The Morgan fingerprint density at radius 1 is 1.33 bits per heavy atom. The SMILES string of the molecule is CNc1nc(N(C)CC2(C)COC2)c(C(=O)NC2CCC(C(F)(F)F)CC2)cc1N. The van der Waals surface area contributed by atoms with Crippen LogP contribution in [0.2, 0.25) is 0 Å². The van der Waals surface area contributed by atoms with Crippen molar-refractivity contribution in [2.45, 2.75) is 44.8 Å². The Morgan fingerprint density at radius 3 is 2.47 bits per heavy atom. The number of halogens is 3. The number of amides is 1. The van der Waals surface area contributed by atoms with Gasteiger partial charge in [0.05, 0.1) is 30.4 Å². The first kappa shape index (κ1) is 22.5. The number of nitrogen functional groups attached to an aromatic ring is 1. The van der Waals surface area contributed by atoms with E-state index in [2.05, 4.69) is 22.5 Å². The van der Waals surface area contributed by atoms with Gasteiger partial charge in [0.15, 0.2) is 5.82 Å². The van der Waals surface area contributed by atoms with E-state index < -0.39 is 12.1 Å². The third-order valence-electron chi connectivity index (χ3n) is 5.92. The molecule has 10 heteroatoms. The molecule has 30 heavy (non-hydrogen) atoms. The Labute approximate surface area is 174 Å². The van der Waals surface area contributed by atoms with Crippen LogP contribution in [0.15, 0.2) is 6.07 Å². The van der Waals surface area contributed by atoms with E-state index in [4.69, 9.17) is 10.5 Å². The number of aromatic nitrogens is 1. The highest BCUT2D eigenvalue weighted by molar-refractivity contribution is 6.00. The zero-order valence-corrected chi connectivity index (χ0v) is 17.6. The van der Waals surface area contributed by atoms with Gasteiger partial charge in [-0.05, 0) is 31.7 Å². The van der Waals surface area contributed by atoms with Crippen molar-refractivity contribution in [2.75, 3.05) is 49.8 Å². The lowest BCUT2D eigenvalue weighted by Crippen LogP contribution is -2.48. The first-order chi connectivity index (χ1) is 14.0. The van der Waals surface area contributed by atoms with Crippen LogP contribution in [-0.2, 0) is 4.74 Å². The van der Waals surface area contributed by atoms with Crippen molar-refractivity contribution in [2.24, 2.45) is 11.3 Å². The fourth-order valence-electron chi connectivity index (χ4n) is 4.19. The molecule has 2 fully saturated rings. The Morgan fingerprint density at radius 2 is 1.97 bits per heavy atom. The first-order valence-corrected chi connectivity index (χ1v) is 10.2. The maximum Gasteiger partial charge on any atom is 0.391 e. The highest BCUT2D eigenvalue weighted by Crippen LogP contribution is 2.38. The van der Waals surface area contributed by atoms with Crippen LogP contribution >= 0.6 is 0 Å². The van der Waals surface area contributed by atoms with Crippen molar-refractivity contribution in [3.63, 3.8) is 0 Å². The molecule has 2 heterocycles. The van der Waals surface area contributed by atoms with Crippen LogP contribution in [0.3, 0.4) is 0 Å². The Balaban J connectivity index is 1.75. The molecule has 1 saturated carbocycles. The fourth-order valence-corrected chi connectivity index (χ4v) is 4.19. The maximum absolute atomic E-state index is 13.0. The summed E-state index contributed by atoms with van der Waals surface area (Å²) in [6.07, 6.45) is -3.52. The average Bonchev–Trinajstić information content (AvgIpc) is 2.66. The molecule has 7 nitrogen and oxygen atoms in total. The molecule has 0 spiro atoms. The summed E-state index contributed by atoms with van der Waals surface area (Å²) in [5.74, 6) is -0.716. The predicted octanol–water partition coefficient (Wildman–Crippen LogP) is 3.03. The number of nitrogens with two attached hydrogens (primary N) is 1. The van der Waals surface area contributed by atoms with Gasteiger partial charge in [-0.15, -0.1) is 0 Å². The summed E-state index contributed by atoms with van der Waals surface area (Å²) in [5, 5.41) is 5.81. The zero-order valence-electron chi connectivity index (χ0n) is 17.6. The van der Waals surface area contributed by atoms with Crippen molar-refractivity contribution in [3.05, 3.63) is 11.6 Å². The number of hydrogen-bond acceptors (Lipinski definition) is 6. The van der Waals surface area contributed by atoms with Crippen LogP contribution < -0.4 is 21.3 Å². The van der Waals surface area contributed by atoms with E-state index in [0.29, 0.717) is 55.5 Å². The lowest BCUT2D eigenvalue weighted by atomic mass is 9.85. The number of hydrogen-bond donors (Lipinski definition) is 3. The van der Waals surface area contributed by atoms with Gasteiger partial charge >= 0.3 is 6.18 Å². The van der Waals surface area contributed by atoms with Gasteiger partial charge in [0.2, 0.25) is 0 Å². The molecule has 1 aromatic heterocycles. The lowest BCUT2D eigenvalue weighted by Gasteiger charge is -2.41. The van der Waals surface area contributed by atoms with Crippen molar-refractivity contribution in [1.29, 1.82) is 0 Å². The van der Waals surface area contributed by atoms with Crippen molar-refractivity contribution in [3.8, 4) is 0 Å². The number of rotatable bonds is 6. The molecule has 2 aliphatic rings. The third-order valence-corrected chi connectivity index (χ3v) is 5.92. The minimum Gasteiger partial charge on any atom is -0.396 e. The van der Waals surface area contributed by atoms with Crippen LogP contribution in [-0.4, -0.2) is 57.0 Å². The van der Waals surface area contributed by atoms with Crippen molar-refractivity contribution in [1.82, 2.24) is 10.3 Å². The van der Waals surface area contributed by atoms with E-state index in [-0.39, 0.29) is 30.2 Å². The van der Waals surface area contributed by atoms with Crippen LogP contribution in [0.5, 0.6) is 0 Å². The zero-order chi connectivity index (χ0) is 22.1. The minimum absolute atomic E-state index is 0.0264. The molecule has 0 atom stereocenters. The monoisotopic (exact) mass is 429 g/mol. The fraction of sp³-hybridized carbons (Fsp3) is 0.700. The number of anilines is 3. The normalized spacial score (nSPS) is 23.4. The molecule has 1 aliphatic heterocycles. The summed E-state index contributed by atoms with van der Waals surface area (Å²) in [4.78, 5) is 19.4. The van der Waals surface area contributed by atoms with E-state index in [0.717, 1.165) is 0 Å². The van der Waals surface area contributed by atoms with Gasteiger partial charge in [0.1, 0.15) is 5.82 Å². The van der Waals surface area contributed by atoms with Crippen LogP contribution in [0.1, 0.15) is 43.0 Å². The standard InChI is InChI=1S/C20H30F3N5O2/c1-19(10-30-11-19)9-28(3)17-14(8-15(24)16(25-2)27-17)18(29)26-13-6-4-12(5-7-13)20(21,22)23/h8,12-13H,4-7,9-11,24H2,1-3H3,(H,25,27)(H,26,29). The largest absolute Gasteiger partial charge is 0.396 e. The number of nitrogens with zero attached hydrogens (tertiary/aromatic N) is 2. The molecule has 1 saturated heterocycles. The van der Waals surface area contributed by atoms with E-state index in [1.165, 1.54) is 0 Å². The van der Waals surface area contributed by atoms with Gasteiger partial charge in [0.25, 0.3) is 5.91 Å². The van der Waals surface area contributed by atoms with Crippen molar-refractivity contribution >= 4 is 23.2 Å². The van der Waals surface area contributed by atoms with Crippen LogP contribution in [0.4, 0.5) is 30.5 Å². The van der Waals surface area contributed by atoms with E-state index in [1.807, 2.05) is 11.9 Å². The smallest absolute Gasteiger partial charge is 0.391 e. The molecule has 1 amide bonds. The number of ether oxygens (including phenoxy) is 1. The molecular formula is C20H30F3N5O2. The molecule has 0 bridgehead atoms. The van der Waals surface area contributed by atoms with Gasteiger partial charge < -0.3 is 26.0 Å². The summed E-state index contributed by atoms with van der Waals surface area (Å²) in [6, 6.07) is 1.28. The molecule has 0 aromatic carbocycles. The molecule has 0 unspecified atom stereocenters. The number of nitrogens with one attached hydrogen (secondary N) is 2. The predicted molar refractivity (Wildman–Crippen MR) is 110 cm³/mol. The van der Waals surface area contributed by atoms with Gasteiger partial charge in [-0.3, -0.25) is 4.79 Å². The summed E-state index contributed by atoms with van der Waals surface area (Å²) in [5.41, 5.74) is 6.66. The molecular weight excluding hydrogens is 399 g/mol. The highest BCUT2D eigenvalue weighted by Gasteiger charge is 2.42. The quantitative estimate of drug-likeness (QED) is 0.644. The summed E-state index contributed by atoms with van der Waals surface area (Å²) < 4.78 is 44.0. The molecule has 4 N–H and O–H groups in total. The lowest BCUT2D eigenvalue weighted by molar-refractivity contribution is -0.182. The van der Waals surface area contributed by atoms with Gasteiger partial charge in [0, 0.05) is 32.1 Å². The summed E-state index contributed by atoms with van der Waals surface area (Å²) >= 11 is 0. The Kier molecular flexibility index (Phi) is 6.35. The topological polar surface area (TPSA) is 92.5 Å². The van der Waals surface area contributed by atoms with Crippen molar-refractivity contribution < 1.29 is 22.7 Å². The van der Waals surface area contributed by atoms with Gasteiger partial charge in [-0.25, -0.2) is 4.98 Å². The van der Waals surface area contributed by atoms with Gasteiger partial charge in [-0.1, -0.05) is 6.92 Å². The first-order valence-electron chi connectivity index (χ1n) is 10.2. The maximum atomic E-state index is 13.0. The molecule has 3 rings (SSSR count). The number of carbonyl (C=O) groups excluding carboxylic acids is 1. The second kappa shape index (κ2) is 8.49. The minimum atomic E-state index is -4.17. The van der Waals surface area contributed by atoms with E-state index >= 15 is 0 Å². The molecule has 168 valence electrons. The molecule has 1 aliphatic carbocycles. The second-order valence-corrected chi connectivity index (χ2v) is 8.77. The third kappa shape index (κ3) is 4.91. The highest BCUT2D eigenvalue weighted by atomic mass is 19.4. The van der Waals surface area contributed by atoms with Crippen LogP contribution in [0, 0.1) is 11.3 Å². The summed E-state index contributed by atoms with van der Waals surface area (Å²) in [6.45, 7) is 4.01. The van der Waals surface area contributed by atoms with Gasteiger partial charge in [-0.2, -0.15) is 13.2 Å². The van der Waals surface area contributed by atoms with E-state index in [9.17, 15) is 18.0 Å². The van der Waals surface area contributed by atoms with Crippen LogP contribution in [0.25, 0.3) is 0 Å². The molecule has 0 radical (unpaired) electrons. The summed E-state index contributed by atoms with van der Waals surface area (Å²) in [7, 11) is 3.55. The van der Waals surface area contributed by atoms with E-state index in [1.54, 1.807) is 13.1 Å². The Hall–Kier alpha value is -2.23. The molecule has 1 aromatic rings. The number of alkyl halides is 3. The average molecular weight is 429 g/mol. The number of carbonyl (C=O) groups is 1. The number of pyridine rings is 1. The Bertz CT molecular complexity index is 774.